The summed E-state index contributed by atoms with van der Waals surface area (Å²) in [6, 6.07) is 0. The number of rotatable bonds is 9. The molecule has 21 heavy (non-hydrogen) atoms. The Bertz CT molecular complexity index is 479. The molecule has 118 valence electrons. The predicted octanol–water partition coefficient (Wildman–Crippen LogP) is 2.82. The summed E-state index contributed by atoms with van der Waals surface area (Å²) in [5.74, 6) is -0.146. The number of hydrogen-bond acceptors (Lipinski definition) is 7. The van der Waals surface area contributed by atoms with Crippen LogP contribution in [0.4, 0.5) is 5.13 Å². The molecule has 0 aliphatic rings. The van der Waals surface area contributed by atoms with Gasteiger partial charge in [-0.05, 0) is 12.3 Å². The van der Waals surface area contributed by atoms with Crippen molar-refractivity contribution in [3.05, 3.63) is 0 Å². The lowest BCUT2D eigenvalue weighted by Gasteiger charge is -2.14. The Kier molecular flexibility index (Phi) is 8.05. The minimum absolute atomic E-state index is 0.0288. The van der Waals surface area contributed by atoms with Crippen molar-refractivity contribution in [1.29, 1.82) is 0 Å². The van der Waals surface area contributed by atoms with Crippen LogP contribution in [0.1, 0.15) is 27.2 Å². The van der Waals surface area contributed by atoms with Crippen LogP contribution in [0.5, 0.6) is 0 Å². The van der Waals surface area contributed by atoms with Gasteiger partial charge in [-0.2, -0.15) is 9.36 Å². The van der Waals surface area contributed by atoms with E-state index in [4.69, 9.17) is 5.11 Å². The molecule has 0 saturated carbocycles. The fraction of sp³-hybridized carbons (Fsp3) is 0.667. The first-order chi connectivity index (χ1) is 9.93. The number of amides is 1. The SMILES string of the molecule is CCCSc1nsc(NC(=O)CSC(C(=O)O)C(C)C)n1. The van der Waals surface area contributed by atoms with Crippen LogP contribution in [0.2, 0.25) is 0 Å². The van der Waals surface area contributed by atoms with Crippen LogP contribution in [0.3, 0.4) is 0 Å². The van der Waals surface area contributed by atoms with Gasteiger partial charge in [0, 0.05) is 17.3 Å². The first-order valence-corrected chi connectivity index (χ1v) is 9.35. The third-order valence-corrected chi connectivity index (χ3v) is 5.67. The summed E-state index contributed by atoms with van der Waals surface area (Å²) in [7, 11) is 0. The summed E-state index contributed by atoms with van der Waals surface area (Å²) in [6.45, 7) is 5.73. The van der Waals surface area contributed by atoms with Crippen molar-refractivity contribution < 1.29 is 14.7 Å². The first kappa shape index (κ1) is 18.2. The van der Waals surface area contributed by atoms with Crippen molar-refractivity contribution in [2.75, 3.05) is 16.8 Å². The standard InChI is InChI=1S/C12H19N3O3S3/c1-4-5-19-12-14-11(21-15-12)13-8(16)6-20-9(7(2)3)10(17)18/h7,9H,4-6H2,1-3H3,(H,17,18)(H,13,14,15,16). The van der Waals surface area contributed by atoms with E-state index >= 15 is 0 Å². The molecule has 2 N–H and O–H groups in total. The normalized spacial score (nSPS) is 12.4. The number of nitrogens with one attached hydrogen (secondary N) is 1. The molecular weight excluding hydrogens is 330 g/mol. The topological polar surface area (TPSA) is 92.2 Å². The van der Waals surface area contributed by atoms with Gasteiger partial charge in [-0.1, -0.05) is 32.5 Å². The summed E-state index contributed by atoms with van der Waals surface area (Å²) < 4.78 is 4.14. The molecule has 0 aromatic carbocycles. The average molecular weight is 350 g/mol. The molecule has 0 aliphatic heterocycles. The number of aromatic nitrogens is 2. The number of carboxylic acids is 1. The molecule has 1 amide bonds. The Morgan fingerprint density at radius 3 is 2.71 bits per heavy atom. The van der Waals surface area contributed by atoms with Crippen LogP contribution in [0.15, 0.2) is 5.16 Å². The number of carboxylic acid groups (broad SMARTS) is 1. The highest BCUT2D eigenvalue weighted by atomic mass is 32.2. The van der Waals surface area contributed by atoms with Gasteiger partial charge >= 0.3 is 5.97 Å². The molecule has 1 rings (SSSR count). The second-order valence-corrected chi connectivity index (χ2v) is 7.54. The highest BCUT2D eigenvalue weighted by Gasteiger charge is 2.23. The van der Waals surface area contributed by atoms with Crippen molar-refractivity contribution in [1.82, 2.24) is 9.36 Å². The van der Waals surface area contributed by atoms with Crippen molar-refractivity contribution >= 4 is 52.1 Å². The molecule has 0 aliphatic carbocycles. The monoisotopic (exact) mass is 349 g/mol. The van der Waals surface area contributed by atoms with E-state index in [2.05, 4.69) is 21.6 Å². The zero-order valence-corrected chi connectivity index (χ0v) is 14.6. The van der Waals surface area contributed by atoms with Crippen LogP contribution >= 0.6 is 35.1 Å². The molecule has 0 radical (unpaired) electrons. The summed E-state index contributed by atoms with van der Waals surface area (Å²) in [4.78, 5) is 27.0. The third-order valence-electron chi connectivity index (χ3n) is 2.33. The number of carbonyl (C=O) groups is 2. The van der Waals surface area contributed by atoms with Crippen LogP contribution in [0.25, 0.3) is 0 Å². The number of aliphatic carboxylic acids is 1. The fourth-order valence-corrected chi connectivity index (χ4v) is 3.73. The van der Waals surface area contributed by atoms with Crippen LogP contribution < -0.4 is 5.32 Å². The van der Waals surface area contributed by atoms with Gasteiger partial charge in [0.15, 0.2) is 0 Å². The number of nitrogens with zero attached hydrogens (tertiary/aromatic N) is 2. The minimum Gasteiger partial charge on any atom is -0.480 e. The van der Waals surface area contributed by atoms with Crippen molar-refractivity contribution in [2.45, 2.75) is 37.6 Å². The Labute approximate surface area is 136 Å². The maximum atomic E-state index is 11.8. The molecular formula is C12H19N3O3S3. The maximum Gasteiger partial charge on any atom is 0.316 e. The van der Waals surface area contributed by atoms with Crippen molar-refractivity contribution in [2.24, 2.45) is 5.92 Å². The second kappa shape index (κ2) is 9.26. The molecule has 1 aromatic rings. The van der Waals surface area contributed by atoms with E-state index in [0.29, 0.717) is 10.3 Å². The Morgan fingerprint density at radius 1 is 1.43 bits per heavy atom. The molecule has 0 bridgehead atoms. The quantitative estimate of drug-likeness (QED) is 0.662. The van der Waals surface area contributed by atoms with E-state index in [0.717, 1.165) is 35.5 Å². The molecule has 1 aromatic heterocycles. The molecule has 1 unspecified atom stereocenters. The Balaban J connectivity index is 2.42. The van der Waals surface area contributed by atoms with Gasteiger partial charge < -0.3 is 5.11 Å². The average Bonchev–Trinajstić information content (AvgIpc) is 2.83. The zero-order valence-electron chi connectivity index (χ0n) is 12.2. The maximum absolute atomic E-state index is 11.8. The smallest absolute Gasteiger partial charge is 0.316 e. The van der Waals surface area contributed by atoms with Crippen molar-refractivity contribution in [3.63, 3.8) is 0 Å². The van der Waals surface area contributed by atoms with Crippen LogP contribution in [0, 0.1) is 5.92 Å². The Morgan fingerprint density at radius 2 is 2.14 bits per heavy atom. The largest absolute Gasteiger partial charge is 0.480 e. The number of carbonyl (C=O) groups excluding carboxylic acids is 1. The van der Waals surface area contributed by atoms with E-state index in [9.17, 15) is 9.59 Å². The van der Waals surface area contributed by atoms with Gasteiger partial charge in [-0.25, -0.2) is 0 Å². The lowest BCUT2D eigenvalue weighted by molar-refractivity contribution is -0.137. The third kappa shape index (κ3) is 6.66. The Hall–Kier alpha value is -0.800. The van der Waals surface area contributed by atoms with E-state index in [1.165, 1.54) is 0 Å². The lowest BCUT2D eigenvalue weighted by atomic mass is 10.1. The van der Waals surface area contributed by atoms with E-state index in [1.807, 2.05) is 13.8 Å². The lowest BCUT2D eigenvalue weighted by Crippen LogP contribution is -2.25. The summed E-state index contributed by atoms with van der Waals surface area (Å²) in [6.07, 6.45) is 1.04. The molecule has 9 heteroatoms. The molecule has 1 heterocycles. The van der Waals surface area contributed by atoms with Gasteiger partial charge in [0.1, 0.15) is 5.25 Å². The molecule has 6 nitrogen and oxygen atoms in total. The highest BCUT2D eigenvalue weighted by Crippen LogP contribution is 2.22. The number of thioether (sulfide) groups is 2. The highest BCUT2D eigenvalue weighted by molar-refractivity contribution is 8.01. The summed E-state index contributed by atoms with van der Waals surface area (Å²) in [5.41, 5.74) is 0. The second-order valence-electron chi connectivity index (χ2n) is 4.59. The molecule has 0 spiro atoms. The summed E-state index contributed by atoms with van der Waals surface area (Å²) in [5, 5.41) is 12.2. The van der Waals surface area contributed by atoms with Gasteiger partial charge in [-0.3, -0.25) is 14.9 Å². The van der Waals surface area contributed by atoms with Gasteiger partial charge in [0.05, 0.1) is 5.75 Å². The number of hydrogen-bond donors (Lipinski definition) is 2. The van der Waals surface area contributed by atoms with E-state index < -0.39 is 11.2 Å². The van der Waals surface area contributed by atoms with Crippen LogP contribution in [-0.2, 0) is 9.59 Å². The van der Waals surface area contributed by atoms with Crippen LogP contribution in [-0.4, -0.2) is 43.1 Å². The minimum atomic E-state index is -0.892. The van der Waals surface area contributed by atoms with Gasteiger partial charge in [0.2, 0.25) is 16.2 Å². The summed E-state index contributed by atoms with van der Waals surface area (Å²) >= 11 is 3.81. The molecule has 0 fully saturated rings. The first-order valence-electron chi connectivity index (χ1n) is 6.54. The fourth-order valence-electron chi connectivity index (χ4n) is 1.38. The van der Waals surface area contributed by atoms with E-state index in [1.54, 1.807) is 11.8 Å². The number of anilines is 1. The van der Waals surface area contributed by atoms with Gasteiger partial charge in [0.25, 0.3) is 0 Å². The van der Waals surface area contributed by atoms with Crippen molar-refractivity contribution in [3.8, 4) is 0 Å². The van der Waals surface area contributed by atoms with E-state index in [-0.39, 0.29) is 17.6 Å². The predicted molar refractivity (Wildman–Crippen MR) is 88.3 cm³/mol. The van der Waals surface area contributed by atoms with Gasteiger partial charge in [-0.15, -0.1) is 11.8 Å². The zero-order chi connectivity index (χ0) is 15.8. The molecule has 0 saturated heterocycles. The molecule has 1 atom stereocenters.